The zero-order chi connectivity index (χ0) is 7.98. The number of carbonyl (C=O) groups is 1. The van der Waals surface area contributed by atoms with Crippen molar-refractivity contribution in [2.45, 2.75) is 39.5 Å². The summed E-state index contributed by atoms with van der Waals surface area (Å²) >= 11 is 0. The third-order valence-electron chi connectivity index (χ3n) is 1.75. The molecule has 1 N–H and O–H groups in total. The van der Waals surface area contributed by atoms with E-state index in [4.69, 9.17) is 5.11 Å². The van der Waals surface area contributed by atoms with Crippen LogP contribution in [0.1, 0.15) is 39.5 Å². The van der Waals surface area contributed by atoms with Crippen LogP contribution in [0.15, 0.2) is 0 Å². The molecule has 0 aromatic heterocycles. The molecule has 0 aromatic carbocycles. The zero-order valence-electron chi connectivity index (χ0n) is 7.49. The smallest absolute Gasteiger partial charge is 0.306 e. The van der Waals surface area contributed by atoms with Crippen LogP contribution in [0.3, 0.4) is 0 Å². The Hall–Kier alpha value is 0.422. The second-order valence-corrected chi connectivity index (χ2v) is 2.59. The molecule has 0 aliphatic heterocycles. The van der Waals surface area contributed by atoms with E-state index in [2.05, 4.69) is 6.92 Å². The van der Waals surface area contributed by atoms with Gasteiger partial charge in [-0.05, 0) is 12.8 Å². The topological polar surface area (TPSA) is 37.3 Å². The number of halogens is 1. The van der Waals surface area contributed by atoms with Crippen LogP contribution in [0.2, 0.25) is 0 Å². The Labute approximate surface area is 94.2 Å². The van der Waals surface area contributed by atoms with E-state index >= 15 is 0 Å². The van der Waals surface area contributed by atoms with Crippen molar-refractivity contribution in [3.63, 3.8) is 0 Å². The Morgan fingerprint density at radius 1 is 1.42 bits per heavy atom. The third-order valence-corrected chi connectivity index (χ3v) is 1.75. The third kappa shape index (κ3) is 8.52. The number of rotatable bonds is 5. The van der Waals surface area contributed by atoms with Gasteiger partial charge in [-0.15, -0.1) is 12.4 Å². The summed E-state index contributed by atoms with van der Waals surface area (Å²) in [7, 11) is 0. The molecular formula is C8H17ClO2Pd. The van der Waals surface area contributed by atoms with Gasteiger partial charge in [0.05, 0.1) is 5.92 Å². The number of aliphatic carboxylic acids is 1. The molecule has 0 radical (unpaired) electrons. The maximum absolute atomic E-state index is 10.4. The van der Waals surface area contributed by atoms with Gasteiger partial charge < -0.3 is 5.11 Å². The van der Waals surface area contributed by atoms with Gasteiger partial charge >= 0.3 is 5.97 Å². The molecule has 12 heavy (non-hydrogen) atoms. The summed E-state index contributed by atoms with van der Waals surface area (Å²) < 4.78 is 0. The molecule has 0 aromatic rings. The van der Waals surface area contributed by atoms with Crippen molar-refractivity contribution in [3.05, 3.63) is 0 Å². The molecule has 0 aliphatic rings. The van der Waals surface area contributed by atoms with Gasteiger partial charge in [0.15, 0.2) is 0 Å². The van der Waals surface area contributed by atoms with E-state index in [9.17, 15) is 4.79 Å². The summed E-state index contributed by atoms with van der Waals surface area (Å²) in [6.45, 7) is 4.00. The molecule has 2 nitrogen and oxygen atoms in total. The van der Waals surface area contributed by atoms with Gasteiger partial charge in [-0.3, -0.25) is 4.79 Å². The van der Waals surface area contributed by atoms with Crippen LogP contribution >= 0.6 is 12.4 Å². The Morgan fingerprint density at radius 2 is 1.92 bits per heavy atom. The van der Waals surface area contributed by atoms with Gasteiger partial charge in [0.25, 0.3) is 0 Å². The molecule has 0 saturated heterocycles. The van der Waals surface area contributed by atoms with Crippen LogP contribution in [0, 0.1) is 5.92 Å². The Morgan fingerprint density at radius 3 is 2.17 bits per heavy atom. The summed E-state index contributed by atoms with van der Waals surface area (Å²) in [6.07, 6.45) is 3.71. The number of unbranched alkanes of at least 4 members (excludes halogenated alkanes) is 1. The second-order valence-electron chi connectivity index (χ2n) is 2.59. The Balaban J connectivity index is -0.000000405. The zero-order valence-corrected chi connectivity index (χ0v) is 9.86. The minimum absolute atomic E-state index is 0. The molecule has 78 valence electrons. The number of hydrogen-bond acceptors (Lipinski definition) is 1. The number of carboxylic acids is 1. The summed E-state index contributed by atoms with van der Waals surface area (Å²) in [5, 5.41) is 8.60. The van der Waals surface area contributed by atoms with Crippen molar-refractivity contribution in [3.8, 4) is 0 Å². The first-order valence-electron chi connectivity index (χ1n) is 3.95. The summed E-state index contributed by atoms with van der Waals surface area (Å²) in [5.41, 5.74) is 0. The van der Waals surface area contributed by atoms with E-state index < -0.39 is 5.97 Å². The minimum Gasteiger partial charge on any atom is -0.481 e. The molecule has 4 heteroatoms. The molecule has 0 rings (SSSR count). The quantitative estimate of drug-likeness (QED) is 0.789. The normalized spacial score (nSPS) is 10.8. The Bertz CT molecular complexity index is 109. The van der Waals surface area contributed by atoms with Crippen LogP contribution in [0.5, 0.6) is 0 Å². The van der Waals surface area contributed by atoms with E-state index in [1.807, 2.05) is 6.92 Å². The average molecular weight is 287 g/mol. The van der Waals surface area contributed by atoms with Crippen LogP contribution in [0.4, 0.5) is 0 Å². The molecule has 0 heterocycles. The van der Waals surface area contributed by atoms with Crippen molar-refractivity contribution in [2.24, 2.45) is 5.92 Å². The maximum atomic E-state index is 10.4. The molecule has 0 spiro atoms. The molecule has 0 aliphatic carbocycles. The van der Waals surface area contributed by atoms with Crippen molar-refractivity contribution >= 4 is 18.4 Å². The molecule has 0 saturated carbocycles. The van der Waals surface area contributed by atoms with Gasteiger partial charge in [-0.25, -0.2) is 0 Å². The minimum atomic E-state index is -0.643. The van der Waals surface area contributed by atoms with Gasteiger partial charge in [-0.2, -0.15) is 0 Å². The Kier molecular flexibility index (Phi) is 17.4. The molecule has 0 bridgehead atoms. The van der Waals surface area contributed by atoms with Gasteiger partial charge in [0, 0.05) is 20.4 Å². The van der Waals surface area contributed by atoms with Crippen molar-refractivity contribution in [2.75, 3.05) is 0 Å². The second kappa shape index (κ2) is 11.4. The fraction of sp³-hybridized carbons (Fsp3) is 0.875. The predicted molar refractivity (Wildman–Crippen MR) is 48.2 cm³/mol. The fourth-order valence-electron chi connectivity index (χ4n) is 0.953. The van der Waals surface area contributed by atoms with Crippen molar-refractivity contribution < 1.29 is 30.3 Å². The number of carboxylic acid groups (broad SMARTS) is 1. The van der Waals surface area contributed by atoms with Crippen LogP contribution in [-0.2, 0) is 25.2 Å². The predicted octanol–water partition coefficient (Wildman–Crippen LogP) is 2.71. The molecule has 1 atom stereocenters. The van der Waals surface area contributed by atoms with E-state index in [1.54, 1.807) is 0 Å². The van der Waals surface area contributed by atoms with Crippen LogP contribution in [-0.4, -0.2) is 11.1 Å². The standard InChI is InChI=1S/C8H16O2.ClH.Pd/c1-3-5-6-7(4-2)8(9)10;;/h7H,3-6H2,1-2H3,(H,9,10);1H;. The maximum Gasteiger partial charge on any atom is 0.306 e. The number of hydrogen-bond donors (Lipinski definition) is 1. The van der Waals surface area contributed by atoms with E-state index in [0.29, 0.717) is 0 Å². The van der Waals surface area contributed by atoms with E-state index in [1.165, 1.54) is 0 Å². The van der Waals surface area contributed by atoms with Crippen molar-refractivity contribution in [1.29, 1.82) is 0 Å². The van der Waals surface area contributed by atoms with Crippen LogP contribution < -0.4 is 0 Å². The van der Waals surface area contributed by atoms with Crippen molar-refractivity contribution in [1.82, 2.24) is 0 Å². The summed E-state index contributed by atoms with van der Waals surface area (Å²) in [4.78, 5) is 10.4. The average Bonchev–Trinajstić information content (AvgIpc) is 1.89. The first kappa shape index (κ1) is 18.3. The van der Waals surface area contributed by atoms with E-state index in [-0.39, 0.29) is 38.7 Å². The summed E-state index contributed by atoms with van der Waals surface area (Å²) in [6, 6.07) is 0. The molecule has 0 fully saturated rings. The SMILES string of the molecule is CCCCC(CC)C(=O)O.Cl.[Pd]. The molecular weight excluding hydrogens is 270 g/mol. The fourth-order valence-corrected chi connectivity index (χ4v) is 0.953. The molecule has 1 unspecified atom stereocenters. The van der Waals surface area contributed by atoms with Gasteiger partial charge in [0.2, 0.25) is 0 Å². The largest absolute Gasteiger partial charge is 0.481 e. The first-order chi connectivity index (χ1) is 4.72. The molecule has 0 amide bonds. The van der Waals surface area contributed by atoms with Gasteiger partial charge in [0.1, 0.15) is 0 Å². The van der Waals surface area contributed by atoms with Gasteiger partial charge in [-0.1, -0.05) is 26.7 Å². The van der Waals surface area contributed by atoms with E-state index in [0.717, 1.165) is 25.7 Å². The summed E-state index contributed by atoms with van der Waals surface area (Å²) in [5.74, 6) is -0.754. The van der Waals surface area contributed by atoms with Crippen LogP contribution in [0.25, 0.3) is 0 Å². The monoisotopic (exact) mass is 286 g/mol. The first-order valence-corrected chi connectivity index (χ1v) is 3.95.